The number of aromatic nitrogens is 3. The Bertz CT molecular complexity index is 355. The molecule has 2 rings (SSSR count). The topological polar surface area (TPSA) is 70.7 Å². The minimum Gasteiger partial charge on any atom is -0.355 e. The van der Waals surface area contributed by atoms with Crippen molar-refractivity contribution in [2.45, 2.75) is 45.4 Å². The molecule has 1 aromatic heterocycles. The molecule has 1 amide bonds. The first kappa shape index (κ1) is 12.1. The minimum atomic E-state index is -0.153. The van der Waals surface area contributed by atoms with Gasteiger partial charge in [-0.15, -0.1) is 0 Å². The Morgan fingerprint density at radius 2 is 2.24 bits per heavy atom. The van der Waals surface area contributed by atoms with Crippen LogP contribution in [-0.2, 0) is 11.2 Å². The van der Waals surface area contributed by atoms with Gasteiger partial charge >= 0.3 is 0 Å². The number of nitrogens with zero attached hydrogens (tertiary/aromatic N) is 2. The Hall–Kier alpha value is -1.39. The van der Waals surface area contributed by atoms with Gasteiger partial charge in [0.1, 0.15) is 12.2 Å². The Morgan fingerprint density at radius 3 is 2.88 bits per heavy atom. The van der Waals surface area contributed by atoms with Gasteiger partial charge in [-0.1, -0.05) is 26.2 Å². The van der Waals surface area contributed by atoms with Gasteiger partial charge < -0.3 is 5.32 Å². The van der Waals surface area contributed by atoms with Gasteiger partial charge in [0, 0.05) is 18.4 Å². The third kappa shape index (κ3) is 3.05. The molecule has 0 aromatic carbocycles. The van der Waals surface area contributed by atoms with Crippen molar-refractivity contribution in [3.63, 3.8) is 0 Å². The number of H-pyrrole nitrogens is 1. The zero-order valence-electron chi connectivity index (χ0n) is 10.3. The maximum atomic E-state index is 12.1. The van der Waals surface area contributed by atoms with Gasteiger partial charge in [-0.3, -0.25) is 9.89 Å². The normalized spacial score (nSPS) is 18.9. The van der Waals surface area contributed by atoms with Crippen LogP contribution >= 0.6 is 0 Å². The molecule has 0 unspecified atom stereocenters. The molecule has 1 heterocycles. The summed E-state index contributed by atoms with van der Waals surface area (Å²) in [7, 11) is 0. The first-order valence-electron chi connectivity index (χ1n) is 6.33. The van der Waals surface area contributed by atoms with E-state index in [-0.39, 0.29) is 11.3 Å². The monoisotopic (exact) mass is 236 g/mol. The number of hydrogen-bond donors (Lipinski definition) is 2. The minimum absolute atomic E-state index is 0.153. The SMILES string of the molecule is CC1(C(=O)NCCc2ncn[nH]2)CCCCC1. The van der Waals surface area contributed by atoms with Crippen LogP contribution in [0.3, 0.4) is 0 Å². The summed E-state index contributed by atoms with van der Waals surface area (Å²) in [6, 6.07) is 0. The fraction of sp³-hybridized carbons (Fsp3) is 0.750. The number of nitrogens with one attached hydrogen (secondary N) is 2. The quantitative estimate of drug-likeness (QED) is 0.831. The summed E-state index contributed by atoms with van der Waals surface area (Å²) in [5.74, 6) is 1.01. The maximum absolute atomic E-state index is 12.1. The van der Waals surface area contributed by atoms with Crippen molar-refractivity contribution in [2.24, 2.45) is 5.41 Å². The summed E-state index contributed by atoms with van der Waals surface area (Å²) in [6.07, 6.45) is 7.84. The average Bonchev–Trinajstić information content (AvgIpc) is 2.83. The Labute approximate surface area is 101 Å². The van der Waals surface area contributed by atoms with Crippen LogP contribution in [0.4, 0.5) is 0 Å². The van der Waals surface area contributed by atoms with Crippen molar-refractivity contribution in [2.75, 3.05) is 6.54 Å². The Balaban J connectivity index is 1.76. The van der Waals surface area contributed by atoms with Gasteiger partial charge in [0.25, 0.3) is 0 Å². The molecule has 0 bridgehead atoms. The molecule has 1 fully saturated rings. The zero-order chi connectivity index (χ0) is 12.1. The molecule has 1 aromatic rings. The van der Waals surface area contributed by atoms with Crippen molar-refractivity contribution >= 4 is 5.91 Å². The van der Waals surface area contributed by atoms with E-state index < -0.39 is 0 Å². The lowest BCUT2D eigenvalue weighted by Gasteiger charge is -2.31. The second kappa shape index (κ2) is 5.29. The van der Waals surface area contributed by atoms with E-state index in [1.165, 1.54) is 25.6 Å². The van der Waals surface area contributed by atoms with Crippen molar-refractivity contribution < 1.29 is 4.79 Å². The van der Waals surface area contributed by atoms with E-state index in [1.807, 2.05) is 0 Å². The van der Waals surface area contributed by atoms with E-state index >= 15 is 0 Å². The molecule has 94 valence electrons. The molecule has 0 saturated heterocycles. The van der Waals surface area contributed by atoms with Crippen LogP contribution < -0.4 is 5.32 Å². The lowest BCUT2D eigenvalue weighted by atomic mass is 9.75. The number of amides is 1. The predicted octanol–water partition coefficient (Wildman–Crippen LogP) is 1.43. The highest BCUT2D eigenvalue weighted by atomic mass is 16.2. The van der Waals surface area contributed by atoms with Gasteiger partial charge in [-0.05, 0) is 12.8 Å². The van der Waals surface area contributed by atoms with E-state index in [0.29, 0.717) is 13.0 Å². The summed E-state index contributed by atoms with van der Waals surface area (Å²) < 4.78 is 0. The van der Waals surface area contributed by atoms with E-state index in [2.05, 4.69) is 27.4 Å². The number of aromatic amines is 1. The van der Waals surface area contributed by atoms with Crippen LogP contribution in [0, 0.1) is 5.41 Å². The van der Waals surface area contributed by atoms with E-state index in [9.17, 15) is 4.79 Å². The fourth-order valence-corrected chi connectivity index (χ4v) is 2.42. The highest BCUT2D eigenvalue weighted by Crippen LogP contribution is 2.35. The summed E-state index contributed by atoms with van der Waals surface area (Å²) >= 11 is 0. The van der Waals surface area contributed by atoms with E-state index in [0.717, 1.165) is 18.7 Å². The molecule has 5 heteroatoms. The van der Waals surface area contributed by atoms with Crippen molar-refractivity contribution in [3.8, 4) is 0 Å². The highest BCUT2D eigenvalue weighted by molar-refractivity contribution is 5.82. The standard InChI is InChI=1S/C12H20N4O/c1-12(6-3-2-4-7-12)11(17)13-8-5-10-14-9-15-16-10/h9H,2-8H2,1H3,(H,13,17)(H,14,15,16). The number of carbonyl (C=O) groups excluding carboxylic acids is 1. The predicted molar refractivity (Wildman–Crippen MR) is 64.3 cm³/mol. The van der Waals surface area contributed by atoms with Crippen molar-refractivity contribution in [1.29, 1.82) is 0 Å². The number of hydrogen-bond acceptors (Lipinski definition) is 3. The smallest absolute Gasteiger partial charge is 0.225 e. The summed E-state index contributed by atoms with van der Waals surface area (Å²) in [5, 5.41) is 9.57. The third-order valence-electron chi connectivity index (χ3n) is 3.62. The molecule has 5 nitrogen and oxygen atoms in total. The van der Waals surface area contributed by atoms with Crippen LogP contribution in [0.5, 0.6) is 0 Å². The van der Waals surface area contributed by atoms with E-state index in [4.69, 9.17) is 0 Å². The molecule has 0 atom stereocenters. The second-order valence-electron chi connectivity index (χ2n) is 5.06. The highest BCUT2D eigenvalue weighted by Gasteiger charge is 2.33. The van der Waals surface area contributed by atoms with Crippen LogP contribution in [0.1, 0.15) is 44.9 Å². The Morgan fingerprint density at radius 1 is 1.47 bits per heavy atom. The molecule has 0 spiro atoms. The van der Waals surface area contributed by atoms with Gasteiger partial charge in [0.05, 0.1) is 0 Å². The van der Waals surface area contributed by atoms with Gasteiger partial charge in [0.2, 0.25) is 5.91 Å². The lowest BCUT2D eigenvalue weighted by Crippen LogP contribution is -2.41. The summed E-state index contributed by atoms with van der Waals surface area (Å²) in [6.45, 7) is 2.71. The van der Waals surface area contributed by atoms with Crippen molar-refractivity contribution in [3.05, 3.63) is 12.2 Å². The van der Waals surface area contributed by atoms with Gasteiger partial charge in [-0.2, -0.15) is 5.10 Å². The first-order valence-corrected chi connectivity index (χ1v) is 6.33. The first-order chi connectivity index (χ1) is 8.21. The maximum Gasteiger partial charge on any atom is 0.225 e. The fourth-order valence-electron chi connectivity index (χ4n) is 2.42. The molecule has 2 N–H and O–H groups in total. The summed E-state index contributed by atoms with van der Waals surface area (Å²) in [4.78, 5) is 16.1. The molecular formula is C12H20N4O. The Kier molecular flexibility index (Phi) is 3.76. The number of rotatable bonds is 4. The molecule has 17 heavy (non-hydrogen) atoms. The molecule has 0 aliphatic heterocycles. The molecular weight excluding hydrogens is 216 g/mol. The van der Waals surface area contributed by atoms with Crippen LogP contribution in [0.2, 0.25) is 0 Å². The molecule has 1 aliphatic carbocycles. The van der Waals surface area contributed by atoms with Crippen LogP contribution in [-0.4, -0.2) is 27.6 Å². The average molecular weight is 236 g/mol. The summed E-state index contributed by atoms with van der Waals surface area (Å²) in [5.41, 5.74) is -0.153. The zero-order valence-corrected chi connectivity index (χ0v) is 10.3. The lowest BCUT2D eigenvalue weighted by molar-refractivity contribution is -0.131. The largest absolute Gasteiger partial charge is 0.355 e. The van der Waals surface area contributed by atoms with Crippen LogP contribution in [0.25, 0.3) is 0 Å². The number of carbonyl (C=O) groups is 1. The van der Waals surface area contributed by atoms with Crippen LogP contribution in [0.15, 0.2) is 6.33 Å². The van der Waals surface area contributed by atoms with Gasteiger partial charge in [-0.25, -0.2) is 4.98 Å². The van der Waals surface area contributed by atoms with E-state index in [1.54, 1.807) is 0 Å². The molecule has 1 aliphatic rings. The molecule has 1 saturated carbocycles. The second-order valence-corrected chi connectivity index (χ2v) is 5.06. The third-order valence-corrected chi connectivity index (χ3v) is 3.62. The van der Waals surface area contributed by atoms with Crippen molar-refractivity contribution in [1.82, 2.24) is 20.5 Å². The van der Waals surface area contributed by atoms with Gasteiger partial charge in [0.15, 0.2) is 0 Å². The molecule has 0 radical (unpaired) electrons.